The number of ether oxygens (including phenoxy) is 1. The SMILES string of the molecule is CCCNC(CCC(C)(C)OC)c1cc(Cl)ccc1Cl. The molecular formula is C16H25Cl2NO. The van der Waals surface area contributed by atoms with E-state index in [1.54, 1.807) is 7.11 Å². The van der Waals surface area contributed by atoms with Crippen LogP contribution in [-0.4, -0.2) is 19.3 Å². The van der Waals surface area contributed by atoms with Crippen molar-refractivity contribution in [3.05, 3.63) is 33.8 Å². The molecule has 0 amide bonds. The van der Waals surface area contributed by atoms with E-state index < -0.39 is 0 Å². The fraction of sp³-hybridized carbons (Fsp3) is 0.625. The number of methoxy groups -OCH3 is 1. The van der Waals surface area contributed by atoms with Crippen molar-refractivity contribution in [1.29, 1.82) is 0 Å². The summed E-state index contributed by atoms with van der Waals surface area (Å²) < 4.78 is 5.50. The molecule has 0 aliphatic carbocycles. The maximum atomic E-state index is 6.32. The zero-order valence-corrected chi connectivity index (χ0v) is 14.3. The van der Waals surface area contributed by atoms with E-state index >= 15 is 0 Å². The van der Waals surface area contributed by atoms with E-state index in [1.807, 2.05) is 18.2 Å². The monoisotopic (exact) mass is 317 g/mol. The van der Waals surface area contributed by atoms with Crippen LogP contribution < -0.4 is 5.32 Å². The summed E-state index contributed by atoms with van der Waals surface area (Å²) in [4.78, 5) is 0. The van der Waals surface area contributed by atoms with Crippen LogP contribution in [0.15, 0.2) is 18.2 Å². The number of benzene rings is 1. The highest BCUT2D eigenvalue weighted by Gasteiger charge is 2.21. The van der Waals surface area contributed by atoms with Crippen LogP contribution >= 0.6 is 23.2 Å². The molecule has 0 aliphatic rings. The summed E-state index contributed by atoms with van der Waals surface area (Å²) in [6.07, 6.45) is 3.00. The first-order valence-electron chi connectivity index (χ1n) is 7.13. The second-order valence-electron chi connectivity index (χ2n) is 5.68. The van der Waals surface area contributed by atoms with Gasteiger partial charge < -0.3 is 10.1 Å². The van der Waals surface area contributed by atoms with E-state index in [1.165, 1.54) is 0 Å². The van der Waals surface area contributed by atoms with Crippen LogP contribution in [0.2, 0.25) is 10.0 Å². The van der Waals surface area contributed by atoms with Gasteiger partial charge in [-0.3, -0.25) is 0 Å². The van der Waals surface area contributed by atoms with E-state index in [2.05, 4.69) is 26.1 Å². The lowest BCUT2D eigenvalue weighted by Gasteiger charge is -2.27. The Morgan fingerprint density at radius 2 is 2.00 bits per heavy atom. The van der Waals surface area contributed by atoms with Crippen LogP contribution in [-0.2, 0) is 4.74 Å². The summed E-state index contributed by atoms with van der Waals surface area (Å²) in [5.41, 5.74) is 0.941. The molecule has 1 aromatic rings. The maximum absolute atomic E-state index is 6.32. The first-order valence-corrected chi connectivity index (χ1v) is 7.88. The van der Waals surface area contributed by atoms with Gasteiger partial charge in [0.2, 0.25) is 0 Å². The van der Waals surface area contributed by atoms with E-state index in [0.29, 0.717) is 0 Å². The smallest absolute Gasteiger partial charge is 0.0623 e. The second kappa shape index (κ2) is 8.23. The van der Waals surface area contributed by atoms with Crippen LogP contribution in [0.25, 0.3) is 0 Å². The molecule has 1 unspecified atom stereocenters. The number of hydrogen-bond acceptors (Lipinski definition) is 2. The lowest BCUT2D eigenvalue weighted by molar-refractivity contribution is 0.0117. The molecule has 0 fully saturated rings. The van der Waals surface area contributed by atoms with Crippen molar-refractivity contribution in [1.82, 2.24) is 5.32 Å². The van der Waals surface area contributed by atoms with Gasteiger partial charge in [0.25, 0.3) is 0 Å². The maximum Gasteiger partial charge on any atom is 0.0623 e. The largest absolute Gasteiger partial charge is 0.379 e. The first-order chi connectivity index (χ1) is 9.39. The average Bonchev–Trinajstić information content (AvgIpc) is 2.42. The van der Waals surface area contributed by atoms with E-state index in [-0.39, 0.29) is 11.6 Å². The molecule has 0 spiro atoms. The predicted octanol–water partition coefficient (Wildman–Crippen LogP) is 5.24. The van der Waals surface area contributed by atoms with E-state index in [0.717, 1.165) is 41.4 Å². The molecule has 0 radical (unpaired) electrons. The van der Waals surface area contributed by atoms with E-state index in [4.69, 9.17) is 27.9 Å². The highest BCUT2D eigenvalue weighted by atomic mass is 35.5. The fourth-order valence-electron chi connectivity index (χ4n) is 2.06. The van der Waals surface area contributed by atoms with Gasteiger partial charge in [-0.1, -0.05) is 30.1 Å². The summed E-state index contributed by atoms with van der Waals surface area (Å²) in [6.45, 7) is 7.32. The molecule has 1 atom stereocenters. The standard InChI is InChI=1S/C16H25Cl2NO/c1-5-10-19-15(8-9-16(2,3)20-4)13-11-12(17)6-7-14(13)18/h6-7,11,15,19H,5,8-10H2,1-4H3. The number of rotatable bonds is 8. The van der Waals surface area contributed by atoms with Crippen molar-refractivity contribution >= 4 is 23.2 Å². The van der Waals surface area contributed by atoms with Gasteiger partial charge in [0.05, 0.1) is 5.60 Å². The summed E-state index contributed by atoms with van der Waals surface area (Å²) in [6, 6.07) is 5.84. The number of halogens is 2. The molecule has 0 heterocycles. The normalized spacial score (nSPS) is 13.5. The van der Waals surface area contributed by atoms with Gasteiger partial charge >= 0.3 is 0 Å². The minimum Gasteiger partial charge on any atom is -0.379 e. The first kappa shape index (κ1) is 17.8. The van der Waals surface area contributed by atoms with Crippen LogP contribution in [0, 0.1) is 0 Å². The van der Waals surface area contributed by atoms with Gasteiger partial charge in [0, 0.05) is 23.2 Å². The van der Waals surface area contributed by atoms with E-state index in [9.17, 15) is 0 Å². The molecule has 114 valence electrons. The quantitative estimate of drug-likeness (QED) is 0.708. The van der Waals surface area contributed by atoms with Crippen LogP contribution in [0.5, 0.6) is 0 Å². The van der Waals surface area contributed by atoms with Gasteiger partial charge in [-0.05, 0) is 63.4 Å². The third-order valence-corrected chi connectivity index (χ3v) is 4.14. The summed E-state index contributed by atoms with van der Waals surface area (Å²) in [5, 5.41) is 5.04. The van der Waals surface area contributed by atoms with Gasteiger partial charge in [-0.25, -0.2) is 0 Å². The Kier molecular flexibility index (Phi) is 7.32. The highest BCUT2D eigenvalue weighted by molar-refractivity contribution is 6.33. The zero-order chi connectivity index (χ0) is 15.2. The molecule has 1 rings (SSSR count). The Balaban J connectivity index is 2.85. The number of nitrogens with one attached hydrogen (secondary N) is 1. The molecule has 0 saturated heterocycles. The van der Waals surface area contributed by atoms with Crippen LogP contribution in [0.1, 0.15) is 51.6 Å². The lowest BCUT2D eigenvalue weighted by Crippen LogP contribution is -2.28. The van der Waals surface area contributed by atoms with Crippen molar-refractivity contribution in [2.45, 2.75) is 51.7 Å². The van der Waals surface area contributed by atoms with Gasteiger partial charge in [0.15, 0.2) is 0 Å². The van der Waals surface area contributed by atoms with Crippen molar-refractivity contribution in [2.75, 3.05) is 13.7 Å². The third kappa shape index (κ3) is 5.61. The Bertz CT molecular complexity index is 421. The third-order valence-electron chi connectivity index (χ3n) is 3.56. The molecule has 0 bridgehead atoms. The predicted molar refractivity (Wildman–Crippen MR) is 87.8 cm³/mol. The van der Waals surface area contributed by atoms with Crippen LogP contribution in [0.4, 0.5) is 0 Å². The molecule has 1 aromatic carbocycles. The Hall–Kier alpha value is -0.280. The Labute approximate surface area is 132 Å². The van der Waals surface area contributed by atoms with Crippen molar-refractivity contribution in [2.24, 2.45) is 0 Å². The second-order valence-corrected chi connectivity index (χ2v) is 6.52. The van der Waals surface area contributed by atoms with Crippen LogP contribution in [0.3, 0.4) is 0 Å². The molecule has 20 heavy (non-hydrogen) atoms. The molecule has 0 saturated carbocycles. The molecule has 0 aromatic heterocycles. The molecular weight excluding hydrogens is 293 g/mol. The minimum absolute atomic E-state index is 0.128. The summed E-state index contributed by atoms with van der Waals surface area (Å²) in [5.74, 6) is 0. The van der Waals surface area contributed by atoms with Crippen molar-refractivity contribution < 1.29 is 4.74 Å². The van der Waals surface area contributed by atoms with Crippen molar-refractivity contribution in [3.63, 3.8) is 0 Å². The molecule has 1 N–H and O–H groups in total. The van der Waals surface area contributed by atoms with Gasteiger partial charge in [0.1, 0.15) is 0 Å². The highest BCUT2D eigenvalue weighted by Crippen LogP contribution is 2.31. The van der Waals surface area contributed by atoms with Gasteiger partial charge in [-0.15, -0.1) is 0 Å². The molecule has 4 heteroatoms. The zero-order valence-electron chi connectivity index (χ0n) is 12.8. The molecule has 0 aliphatic heterocycles. The fourth-order valence-corrected chi connectivity index (χ4v) is 2.49. The summed E-state index contributed by atoms with van der Waals surface area (Å²) >= 11 is 12.4. The van der Waals surface area contributed by atoms with Crippen molar-refractivity contribution in [3.8, 4) is 0 Å². The van der Waals surface area contributed by atoms with Gasteiger partial charge in [-0.2, -0.15) is 0 Å². The molecule has 2 nitrogen and oxygen atoms in total. The average molecular weight is 318 g/mol. The topological polar surface area (TPSA) is 21.3 Å². The number of hydrogen-bond donors (Lipinski definition) is 1. The summed E-state index contributed by atoms with van der Waals surface area (Å²) in [7, 11) is 1.75. The lowest BCUT2D eigenvalue weighted by atomic mass is 9.94. The minimum atomic E-state index is -0.128. The Morgan fingerprint density at radius 1 is 1.30 bits per heavy atom. The Morgan fingerprint density at radius 3 is 2.60 bits per heavy atom.